The van der Waals surface area contributed by atoms with Crippen molar-refractivity contribution in [3.63, 3.8) is 0 Å². The molecule has 28 heavy (non-hydrogen) atoms. The molecule has 0 radical (unpaired) electrons. The van der Waals surface area contributed by atoms with Gasteiger partial charge in [-0.25, -0.2) is 0 Å². The molecule has 3 rings (SSSR count). The van der Waals surface area contributed by atoms with Gasteiger partial charge in [-0.2, -0.15) is 8.78 Å². The van der Waals surface area contributed by atoms with E-state index in [1.807, 2.05) is 24.3 Å². The van der Waals surface area contributed by atoms with Crippen LogP contribution >= 0.6 is 11.6 Å². The predicted octanol–water partition coefficient (Wildman–Crippen LogP) is 3.91. The highest BCUT2D eigenvalue weighted by Gasteiger charge is 2.23. The second-order valence-electron chi connectivity index (χ2n) is 6.40. The molecule has 1 amide bonds. The number of nitrogens with zero attached hydrogens (tertiary/aromatic N) is 2. The minimum absolute atomic E-state index is 0.0985. The largest absolute Gasteiger partial charge is 0.493 e. The molecular formula is C20H21ClF2N2O3. The van der Waals surface area contributed by atoms with Gasteiger partial charge < -0.3 is 14.4 Å². The molecule has 0 unspecified atom stereocenters. The molecule has 1 saturated heterocycles. The van der Waals surface area contributed by atoms with Crippen LogP contribution in [0, 0.1) is 0 Å². The zero-order valence-electron chi connectivity index (χ0n) is 15.4. The van der Waals surface area contributed by atoms with Crippen molar-refractivity contribution in [3.8, 4) is 11.5 Å². The Morgan fingerprint density at radius 1 is 1.11 bits per heavy atom. The molecule has 0 aliphatic carbocycles. The highest BCUT2D eigenvalue weighted by atomic mass is 35.5. The summed E-state index contributed by atoms with van der Waals surface area (Å²) < 4.78 is 34.3. The zero-order valence-corrected chi connectivity index (χ0v) is 16.2. The zero-order chi connectivity index (χ0) is 20.1. The van der Waals surface area contributed by atoms with Gasteiger partial charge in [0, 0.05) is 43.3 Å². The van der Waals surface area contributed by atoms with Crippen LogP contribution in [-0.2, 0) is 6.54 Å². The van der Waals surface area contributed by atoms with E-state index in [-0.39, 0.29) is 17.4 Å². The van der Waals surface area contributed by atoms with E-state index in [1.54, 1.807) is 4.90 Å². The summed E-state index contributed by atoms with van der Waals surface area (Å²) in [5, 5.41) is 0.735. The maximum atomic E-state index is 12.8. The number of hydrogen-bond donors (Lipinski definition) is 0. The number of benzene rings is 2. The van der Waals surface area contributed by atoms with Crippen LogP contribution < -0.4 is 9.47 Å². The first-order valence-corrected chi connectivity index (χ1v) is 9.23. The number of halogens is 3. The van der Waals surface area contributed by atoms with Crippen LogP contribution in [0.2, 0.25) is 5.02 Å². The topological polar surface area (TPSA) is 42.0 Å². The van der Waals surface area contributed by atoms with Crippen molar-refractivity contribution in [1.29, 1.82) is 0 Å². The fourth-order valence-electron chi connectivity index (χ4n) is 3.15. The van der Waals surface area contributed by atoms with E-state index in [9.17, 15) is 13.6 Å². The third-order valence-electron chi connectivity index (χ3n) is 4.64. The maximum absolute atomic E-state index is 12.8. The van der Waals surface area contributed by atoms with E-state index >= 15 is 0 Å². The van der Waals surface area contributed by atoms with Crippen molar-refractivity contribution in [3.05, 3.63) is 58.6 Å². The molecule has 1 aliphatic heterocycles. The second-order valence-corrected chi connectivity index (χ2v) is 6.81. The lowest BCUT2D eigenvalue weighted by Gasteiger charge is -2.35. The summed E-state index contributed by atoms with van der Waals surface area (Å²) in [6.07, 6.45) is 0. The Kier molecular flexibility index (Phi) is 6.70. The third-order valence-corrected chi connectivity index (χ3v) is 5.01. The van der Waals surface area contributed by atoms with Gasteiger partial charge in [0.2, 0.25) is 0 Å². The average Bonchev–Trinajstić information content (AvgIpc) is 2.69. The normalized spacial score (nSPS) is 15.0. The van der Waals surface area contributed by atoms with E-state index in [4.69, 9.17) is 16.3 Å². The van der Waals surface area contributed by atoms with Gasteiger partial charge >= 0.3 is 6.61 Å². The fraction of sp³-hybridized carbons (Fsp3) is 0.350. The minimum atomic E-state index is -2.96. The fourth-order valence-corrected chi connectivity index (χ4v) is 3.35. The standard InChI is InChI=1S/C20H21ClF2N2O3/c1-27-18-12-14(6-7-17(18)28-20(22)23)19(26)25-10-8-24(9-11-25)13-15-4-2-3-5-16(15)21/h2-7,12,20H,8-11,13H2,1H3. The first kappa shape index (κ1) is 20.4. The Morgan fingerprint density at radius 2 is 1.82 bits per heavy atom. The van der Waals surface area contributed by atoms with Gasteiger partial charge in [-0.05, 0) is 29.8 Å². The van der Waals surface area contributed by atoms with Crippen molar-refractivity contribution in [2.75, 3.05) is 33.3 Å². The van der Waals surface area contributed by atoms with Gasteiger partial charge in [-0.3, -0.25) is 9.69 Å². The molecule has 2 aromatic carbocycles. The molecular weight excluding hydrogens is 390 g/mol. The van der Waals surface area contributed by atoms with Crippen molar-refractivity contribution >= 4 is 17.5 Å². The van der Waals surface area contributed by atoms with Gasteiger partial charge in [0.1, 0.15) is 0 Å². The Balaban J connectivity index is 1.61. The SMILES string of the molecule is COc1cc(C(=O)N2CCN(Cc3ccccc3Cl)CC2)ccc1OC(F)F. The molecule has 0 N–H and O–H groups in total. The molecule has 0 bridgehead atoms. The first-order chi connectivity index (χ1) is 13.5. The van der Waals surface area contributed by atoms with Crippen molar-refractivity contribution in [2.24, 2.45) is 0 Å². The Labute approximate surface area is 167 Å². The number of carbonyl (C=O) groups is 1. The summed E-state index contributed by atoms with van der Waals surface area (Å²) in [5.41, 5.74) is 1.43. The van der Waals surface area contributed by atoms with Crippen LogP contribution in [0.4, 0.5) is 8.78 Å². The van der Waals surface area contributed by atoms with Crippen molar-refractivity contribution in [1.82, 2.24) is 9.80 Å². The summed E-state index contributed by atoms with van der Waals surface area (Å²) in [5.74, 6) is -0.165. The van der Waals surface area contributed by atoms with Crippen LogP contribution in [0.5, 0.6) is 11.5 Å². The van der Waals surface area contributed by atoms with Gasteiger partial charge in [-0.15, -0.1) is 0 Å². The number of carbonyl (C=O) groups excluding carboxylic acids is 1. The predicted molar refractivity (Wildman–Crippen MR) is 102 cm³/mol. The molecule has 2 aromatic rings. The highest BCUT2D eigenvalue weighted by molar-refractivity contribution is 6.31. The number of hydrogen-bond acceptors (Lipinski definition) is 4. The summed E-state index contributed by atoms with van der Waals surface area (Å²) in [4.78, 5) is 16.7. The number of piperazine rings is 1. The van der Waals surface area contributed by atoms with Crippen LogP contribution in [0.3, 0.4) is 0 Å². The molecule has 1 heterocycles. The minimum Gasteiger partial charge on any atom is -0.493 e. The quantitative estimate of drug-likeness (QED) is 0.724. The number of alkyl halides is 2. The molecule has 0 atom stereocenters. The van der Waals surface area contributed by atoms with E-state index < -0.39 is 6.61 Å². The summed E-state index contributed by atoms with van der Waals surface area (Å²) in [6.45, 7) is 0.361. The van der Waals surface area contributed by atoms with Crippen LogP contribution in [0.25, 0.3) is 0 Å². The molecule has 5 nitrogen and oxygen atoms in total. The van der Waals surface area contributed by atoms with Crippen LogP contribution in [0.1, 0.15) is 15.9 Å². The average molecular weight is 411 g/mol. The molecule has 150 valence electrons. The Hall–Kier alpha value is -2.38. The summed E-state index contributed by atoms with van der Waals surface area (Å²) in [6, 6.07) is 11.9. The van der Waals surface area contributed by atoms with E-state index in [2.05, 4.69) is 9.64 Å². The summed E-state index contributed by atoms with van der Waals surface area (Å²) >= 11 is 6.22. The molecule has 0 saturated carbocycles. The molecule has 0 spiro atoms. The lowest BCUT2D eigenvalue weighted by Crippen LogP contribution is -2.48. The number of methoxy groups -OCH3 is 1. The number of ether oxygens (including phenoxy) is 2. The second kappa shape index (κ2) is 9.21. The van der Waals surface area contributed by atoms with E-state index in [1.165, 1.54) is 25.3 Å². The third kappa shape index (κ3) is 4.91. The number of amides is 1. The maximum Gasteiger partial charge on any atom is 0.387 e. The molecule has 8 heteroatoms. The van der Waals surface area contributed by atoms with Crippen molar-refractivity contribution in [2.45, 2.75) is 13.2 Å². The van der Waals surface area contributed by atoms with E-state index in [0.717, 1.165) is 30.2 Å². The monoisotopic (exact) mass is 410 g/mol. The van der Waals surface area contributed by atoms with Crippen molar-refractivity contribution < 1.29 is 23.0 Å². The summed E-state index contributed by atoms with van der Waals surface area (Å²) in [7, 11) is 1.34. The number of rotatable bonds is 6. The lowest BCUT2D eigenvalue weighted by atomic mass is 10.1. The van der Waals surface area contributed by atoms with Crippen LogP contribution in [-0.4, -0.2) is 55.6 Å². The smallest absolute Gasteiger partial charge is 0.387 e. The van der Waals surface area contributed by atoms with E-state index in [0.29, 0.717) is 18.7 Å². The Morgan fingerprint density at radius 3 is 2.46 bits per heavy atom. The van der Waals surface area contributed by atoms with Gasteiger partial charge in [0.25, 0.3) is 5.91 Å². The Bertz CT molecular complexity index is 827. The first-order valence-electron chi connectivity index (χ1n) is 8.86. The van der Waals surface area contributed by atoms with Crippen LogP contribution in [0.15, 0.2) is 42.5 Å². The molecule has 1 aliphatic rings. The molecule has 1 fully saturated rings. The molecule has 0 aromatic heterocycles. The van der Waals surface area contributed by atoms with Gasteiger partial charge in [-0.1, -0.05) is 29.8 Å². The van der Waals surface area contributed by atoms with Gasteiger partial charge in [0.05, 0.1) is 7.11 Å². The lowest BCUT2D eigenvalue weighted by molar-refractivity contribution is -0.0512. The van der Waals surface area contributed by atoms with Gasteiger partial charge in [0.15, 0.2) is 11.5 Å². The highest BCUT2D eigenvalue weighted by Crippen LogP contribution is 2.30.